The summed E-state index contributed by atoms with van der Waals surface area (Å²) in [5.74, 6) is -1.12. The molecule has 5 nitrogen and oxygen atoms in total. The fourth-order valence-electron chi connectivity index (χ4n) is 4.29. The molecule has 1 atom stereocenters. The van der Waals surface area contributed by atoms with Crippen molar-refractivity contribution < 1.29 is 14.0 Å². The van der Waals surface area contributed by atoms with Crippen molar-refractivity contribution in [2.24, 2.45) is 0 Å². The van der Waals surface area contributed by atoms with Crippen LogP contribution in [0.2, 0.25) is 0 Å². The number of nitrogens with zero attached hydrogens (tertiary/aromatic N) is 2. The van der Waals surface area contributed by atoms with Gasteiger partial charge in [-0.2, -0.15) is 0 Å². The first-order chi connectivity index (χ1) is 18.3. The summed E-state index contributed by atoms with van der Waals surface area (Å²) in [6.07, 6.45) is 0.114. The number of carbonyl (C=O) groups is 2. The van der Waals surface area contributed by atoms with Gasteiger partial charge in [-0.25, -0.2) is 4.39 Å². The van der Waals surface area contributed by atoms with Gasteiger partial charge in [0, 0.05) is 32.0 Å². The molecule has 38 heavy (non-hydrogen) atoms. The predicted molar refractivity (Wildman–Crippen MR) is 150 cm³/mol. The van der Waals surface area contributed by atoms with Gasteiger partial charge in [0.25, 0.3) is 5.91 Å². The van der Waals surface area contributed by atoms with Crippen molar-refractivity contribution in [3.8, 4) is 0 Å². The van der Waals surface area contributed by atoms with Crippen LogP contribution in [0.1, 0.15) is 28.3 Å². The number of hydrogen-bond donors (Lipinski definition) is 1. The summed E-state index contributed by atoms with van der Waals surface area (Å²) in [5, 5.41) is 2.95. The highest BCUT2D eigenvalue weighted by molar-refractivity contribution is 5.98. The SMILES string of the molecule is Cc1ccc(CN(C(=O)Cc2ccccc2)C(C(=O)Nc2ccc(N(C)C)cc2)c2cccc(F)c2)cc1. The fraction of sp³-hybridized carbons (Fsp3) is 0.188. The Kier molecular flexibility index (Phi) is 8.54. The summed E-state index contributed by atoms with van der Waals surface area (Å²) in [7, 11) is 3.88. The third-order valence-corrected chi connectivity index (χ3v) is 6.37. The molecule has 0 radical (unpaired) electrons. The maximum atomic E-state index is 14.4. The molecule has 0 saturated carbocycles. The predicted octanol–water partition coefficient (Wildman–Crippen LogP) is 6.15. The Balaban J connectivity index is 1.72. The first-order valence-electron chi connectivity index (χ1n) is 12.5. The molecular weight excluding hydrogens is 477 g/mol. The van der Waals surface area contributed by atoms with Crippen molar-refractivity contribution in [3.05, 3.63) is 131 Å². The van der Waals surface area contributed by atoms with Crippen molar-refractivity contribution in [2.75, 3.05) is 24.3 Å². The summed E-state index contributed by atoms with van der Waals surface area (Å²) in [4.78, 5) is 31.2. The molecule has 0 aliphatic heterocycles. The van der Waals surface area contributed by atoms with Gasteiger partial charge in [0.2, 0.25) is 5.91 Å². The molecular formula is C32H32FN3O2. The van der Waals surface area contributed by atoms with Gasteiger partial charge in [0.15, 0.2) is 0 Å². The van der Waals surface area contributed by atoms with Crippen molar-refractivity contribution in [1.82, 2.24) is 4.90 Å². The van der Waals surface area contributed by atoms with Crippen molar-refractivity contribution in [1.29, 1.82) is 0 Å². The lowest BCUT2D eigenvalue weighted by molar-refractivity contribution is -0.139. The molecule has 4 aromatic carbocycles. The van der Waals surface area contributed by atoms with Gasteiger partial charge in [-0.3, -0.25) is 9.59 Å². The van der Waals surface area contributed by atoms with Crippen LogP contribution in [0.25, 0.3) is 0 Å². The molecule has 1 unspecified atom stereocenters. The Morgan fingerprint density at radius 1 is 0.816 bits per heavy atom. The summed E-state index contributed by atoms with van der Waals surface area (Å²) in [5.41, 5.74) is 4.79. The maximum Gasteiger partial charge on any atom is 0.251 e. The van der Waals surface area contributed by atoms with Gasteiger partial charge in [-0.05, 0) is 60.0 Å². The molecule has 0 fully saturated rings. The van der Waals surface area contributed by atoms with E-state index in [1.807, 2.05) is 105 Å². The number of hydrogen-bond acceptors (Lipinski definition) is 3. The molecule has 0 aliphatic rings. The van der Waals surface area contributed by atoms with Gasteiger partial charge < -0.3 is 15.1 Å². The van der Waals surface area contributed by atoms with E-state index < -0.39 is 17.8 Å². The second-order valence-corrected chi connectivity index (χ2v) is 9.56. The topological polar surface area (TPSA) is 52.7 Å². The lowest BCUT2D eigenvalue weighted by Gasteiger charge is -2.32. The Morgan fingerprint density at radius 3 is 2.13 bits per heavy atom. The van der Waals surface area contributed by atoms with E-state index in [9.17, 15) is 14.0 Å². The zero-order valence-corrected chi connectivity index (χ0v) is 21.9. The van der Waals surface area contributed by atoms with Crippen LogP contribution in [0.3, 0.4) is 0 Å². The van der Waals surface area contributed by atoms with Gasteiger partial charge in [0.05, 0.1) is 6.42 Å². The zero-order chi connectivity index (χ0) is 27.1. The second-order valence-electron chi connectivity index (χ2n) is 9.56. The van der Waals surface area contributed by atoms with Crippen LogP contribution in [0.5, 0.6) is 0 Å². The molecule has 4 rings (SSSR count). The van der Waals surface area contributed by atoms with Crippen molar-refractivity contribution in [2.45, 2.75) is 25.9 Å². The number of anilines is 2. The van der Waals surface area contributed by atoms with Crippen molar-refractivity contribution in [3.63, 3.8) is 0 Å². The van der Waals surface area contributed by atoms with E-state index in [0.717, 1.165) is 22.4 Å². The molecule has 0 aliphatic carbocycles. The third-order valence-electron chi connectivity index (χ3n) is 6.37. The molecule has 0 spiro atoms. The Bertz CT molecular complexity index is 1370. The van der Waals surface area contributed by atoms with E-state index in [2.05, 4.69) is 5.32 Å². The van der Waals surface area contributed by atoms with Crippen LogP contribution in [0.15, 0.2) is 103 Å². The zero-order valence-electron chi connectivity index (χ0n) is 21.9. The van der Waals surface area contributed by atoms with E-state index in [1.165, 1.54) is 17.0 Å². The fourth-order valence-corrected chi connectivity index (χ4v) is 4.29. The van der Waals surface area contributed by atoms with Gasteiger partial charge in [0.1, 0.15) is 11.9 Å². The standard InChI is InChI=1S/C32H32FN3O2/c1-23-12-14-25(15-13-23)22-36(30(37)20-24-8-5-4-6-9-24)31(26-10-7-11-27(33)21-26)32(38)34-28-16-18-29(19-17-28)35(2)3/h4-19,21,31H,20,22H2,1-3H3,(H,34,38). The Morgan fingerprint density at radius 2 is 1.50 bits per heavy atom. The summed E-state index contributed by atoms with van der Waals surface area (Å²) in [6, 6.07) is 29.5. The number of carbonyl (C=O) groups excluding carboxylic acids is 2. The maximum absolute atomic E-state index is 14.4. The second kappa shape index (κ2) is 12.2. The number of benzene rings is 4. The summed E-state index contributed by atoms with van der Waals surface area (Å²) >= 11 is 0. The van der Waals surface area contributed by atoms with Gasteiger partial charge in [-0.15, -0.1) is 0 Å². The lowest BCUT2D eigenvalue weighted by Crippen LogP contribution is -2.41. The first kappa shape index (κ1) is 26.6. The highest BCUT2D eigenvalue weighted by Crippen LogP contribution is 2.27. The lowest BCUT2D eigenvalue weighted by atomic mass is 10.0. The number of aryl methyl sites for hydroxylation is 1. The van der Waals surface area contributed by atoms with Crippen LogP contribution in [-0.2, 0) is 22.6 Å². The minimum atomic E-state index is -1.04. The monoisotopic (exact) mass is 509 g/mol. The largest absolute Gasteiger partial charge is 0.378 e. The number of nitrogens with one attached hydrogen (secondary N) is 1. The highest BCUT2D eigenvalue weighted by atomic mass is 19.1. The third kappa shape index (κ3) is 6.85. The quantitative estimate of drug-likeness (QED) is 0.294. The molecule has 2 amide bonds. The smallest absolute Gasteiger partial charge is 0.251 e. The van der Waals surface area contributed by atoms with E-state index in [4.69, 9.17) is 0 Å². The van der Waals surface area contributed by atoms with E-state index >= 15 is 0 Å². The number of halogens is 1. The number of rotatable bonds is 9. The summed E-state index contributed by atoms with van der Waals surface area (Å²) in [6.45, 7) is 2.19. The number of amides is 2. The van der Waals surface area contributed by atoms with Crippen LogP contribution >= 0.6 is 0 Å². The molecule has 1 N–H and O–H groups in total. The van der Waals surface area contributed by atoms with E-state index in [-0.39, 0.29) is 18.9 Å². The average molecular weight is 510 g/mol. The van der Waals surface area contributed by atoms with Crippen LogP contribution in [0.4, 0.5) is 15.8 Å². The summed E-state index contributed by atoms with van der Waals surface area (Å²) < 4.78 is 14.4. The minimum absolute atomic E-state index is 0.114. The van der Waals surface area contributed by atoms with Crippen LogP contribution in [-0.4, -0.2) is 30.8 Å². The Hall–Kier alpha value is -4.45. The molecule has 194 valence electrons. The molecule has 4 aromatic rings. The van der Waals surface area contributed by atoms with E-state index in [1.54, 1.807) is 12.1 Å². The highest BCUT2D eigenvalue weighted by Gasteiger charge is 2.32. The molecule has 6 heteroatoms. The molecule has 0 heterocycles. The normalized spacial score (nSPS) is 11.5. The molecule has 0 aromatic heterocycles. The minimum Gasteiger partial charge on any atom is -0.378 e. The van der Waals surface area contributed by atoms with Crippen LogP contribution < -0.4 is 10.2 Å². The molecule has 0 saturated heterocycles. The van der Waals surface area contributed by atoms with Gasteiger partial charge in [-0.1, -0.05) is 72.3 Å². The first-order valence-corrected chi connectivity index (χ1v) is 12.5. The van der Waals surface area contributed by atoms with E-state index in [0.29, 0.717) is 11.3 Å². The van der Waals surface area contributed by atoms with Gasteiger partial charge >= 0.3 is 0 Å². The molecule has 0 bridgehead atoms. The van der Waals surface area contributed by atoms with Crippen LogP contribution in [0, 0.1) is 12.7 Å². The average Bonchev–Trinajstić information content (AvgIpc) is 2.90. The Labute approximate surface area is 223 Å². The van der Waals surface area contributed by atoms with Crippen molar-refractivity contribution >= 4 is 23.2 Å².